The van der Waals surface area contributed by atoms with E-state index < -0.39 is 0 Å². The zero-order valence-corrected chi connectivity index (χ0v) is 9.35. The molecule has 1 unspecified atom stereocenters. The summed E-state index contributed by atoms with van der Waals surface area (Å²) in [5.41, 5.74) is 0. The molecule has 0 saturated heterocycles. The van der Waals surface area contributed by atoms with Crippen LogP contribution in [0.5, 0.6) is 0 Å². The number of carbonyl (C=O) groups is 1. The summed E-state index contributed by atoms with van der Waals surface area (Å²) in [5, 5.41) is 2.74. The molecular weight excluding hydrogens is 202 g/mol. The van der Waals surface area contributed by atoms with Gasteiger partial charge < -0.3 is 10.1 Å². The molecule has 1 N–H and O–H groups in total. The molecule has 0 fully saturated rings. The van der Waals surface area contributed by atoms with Crippen LogP contribution in [-0.2, 0) is 9.53 Å². The lowest BCUT2D eigenvalue weighted by Gasteiger charge is -2.08. The van der Waals surface area contributed by atoms with Gasteiger partial charge in [-0.1, -0.05) is 13.0 Å². The van der Waals surface area contributed by atoms with Crippen LogP contribution in [0.4, 0.5) is 0 Å². The van der Waals surface area contributed by atoms with Crippen LogP contribution < -0.4 is 5.32 Å². The van der Waals surface area contributed by atoms with Crippen molar-refractivity contribution in [1.82, 2.24) is 5.32 Å². The van der Waals surface area contributed by atoms with Crippen molar-refractivity contribution in [1.29, 1.82) is 0 Å². The number of rotatable bonds is 8. The van der Waals surface area contributed by atoms with Crippen molar-refractivity contribution >= 4 is 17.5 Å². The van der Waals surface area contributed by atoms with Crippen molar-refractivity contribution in [3.8, 4) is 0 Å². The van der Waals surface area contributed by atoms with Crippen LogP contribution in [0.2, 0.25) is 0 Å². The molecule has 0 radical (unpaired) electrons. The fourth-order valence-electron chi connectivity index (χ4n) is 0.759. The van der Waals surface area contributed by atoms with Crippen LogP contribution in [0.25, 0.3) is 0 Å². The Morgan fingerprint density at radius 3 is 2.93 bits per heavy atom. The summed E-state index contributed by atoms with van der Waals surface area (Å²) in [6, 6.07) is 0. The fraction of sp³-hybridized carbons (Fsp3) is 0.700. The van der Waals surface area contributed by atoms with Crippen molar-refractivity contribution in [3.05, 3.63) is 12.7 Å². The van der Waals surface area contributed by atoms with Crippen LogP contribution in [0.3, 0.4) is 0 Å². The van der Waals surface area contributed by atoms with Gasteiger partial charge in [-0.2, -0.15) is 0 Å². The van der Waals surface area contributed by atoms with Gasteiger partial charge in [0.25, 0.3) is 0 Å². The smallest absolute Gasteiger partial charge is 0.224 e. The molecule has 4 heteroatoms. The highest BCUT2D eigenvalue weighted by molar-refractivity contribution is 6.19. The maximum atomic E-state index is 11.2. The average Bonchev–Trinajstić information content (AvgIpc) is 2.21. The Balaban J connectivity index is 3.27. The largest absolute Gasteiger partial charge is 0.379 e. The first-order valence-corrected chi connectivity index (χ1v) is 5.28. The Hall–Kier alpha value is -0.540. The minimum Gasteiger partial charge on any atom is -0.379 e. The molecule has 0 bridgehead atoms. The van der Waals surface area contributed by atoms with E-state index in [9.17, 15) is 4.79 Å². The van der Waals surface area contributed by atoms with E-state index in [4.69, 9.17) is 16.3 Å². The van der Waals surface area contributed by atoms with E-state index in [1.54, 1.807) is 13.0 Å². The lowest BCUT2D eigenvalue weighted by molar-refractivity contribution is -0.124. The number of carbonyl (C=O) groups excluding carboxylic acids is 1. The quantitative estimate of drug-likeness (QED) is 0.382. The highest BCUT2D eigenvalue weighted by Gasteiger charge is 2.09. The normalized spacial score (nSPS) is 12.1. The summed E-state index contributed by atoms with van der Waals surface area (Å²) in [7, 11) is 0. The van der Waals surface area contributed by atoms with Crippen LogP contribution in [0, 0.1) is 5.92 Å². The number of alkyl halides is 1. The maximum absolute atomic E-state index is 11.2. The summed E-state index contributed by atoms with van der Waals surface area (Å²) in [4.78, 5) is 11.2. The van der Waals surface area contributed by atoms with Gasteiger partial charge >= 0.3 is 0 Å². The van der Waals surface area contributed by atoms with Crippen LogP contribution in [0.1, 0.15) is 13.3 Å². The highest BCUT2D eigenvalue weighted by atomic mass is 35.5. The maximum Gasteiger partial charge on any atom is 0.224 e. The van der Waals surface area contributed by atoms with E-state index in [1.807, 2.05) is 0 Å². The first kappa shape index (κ1) is 13.5. The molecule has 0 aromatic carbocycles. The molecule has 0 aliphatic rings. The van der Waals surface area contributed by atoms with E-state index in [1.165, 1.54) is 0 Å². The Morgan fingerprint density at radius 2 is 2.36 bits per heavy atom. The van der Waals surface area contributed by atoms with Gasteiger partial charge in [0.15, 0.2) is 0 Å². The summed E-state index contributed by atoms with van der Waals surface area (Å²) < 4.78 is 5.22. The fourth-order valence-corrected chi connectivity index (χ4v) is 0.900. The Kier molecular flexibility index (Phi) is 8.68. The predicted octanol–water partition coefficient (Wildman–Crippen LogP) is 1.57. The van der Waals surface area contributed by atoms with Gasteiger partial charge in [-0.3, -0.25) is 4.79 Å². The van der Waals surface area contributed by atoms with Crippen LogP contribution in [0.15, 0.2) is 12.7 Å². The first-order chi connectivity index (χ1) is 6.72. The van der Waals surface area contributed by atoms with Crippen molar-refractivity contribution in [2.24, 2.45) is 5.92 Å². The Bertz CT molecular complexity index is 174. The average molecular weight is 220 g/mol. The second-order valence-electron chi connectivity index (χ2n) is 3.04. The molecule has 3 nitrogen and oxygen atoms in total. The van der Waals surface area contributed by atoms with Gasteiger partial charge in [0.1, 0.15) is 0 Å². The van der Waals surface area contributed by atoms with Crippen molar-refractivity contribution in [3.63, 3.8) is 0 Å². The second kappa shape index (κ2) is 9.03. The predicted molar refractivity (Wildman–Crippen MR) is 58.5 cm³/mol. The number of hydrogen-bond donors (Lipinski definition) is 1. The van der Waals surface area contributed by atoms with Gasteiger partial charge in [-0.05, 0) is 6.42 Å². The van der Waals surface area contributed by atoms with E-state index in [0.717, 1.165) is 6.42 Å². The van der Waals surface area contributed by atoms with Gasteiger partial charge in [0.2, 0.25) is 5.91 Å². The van der Waals surface area contributed by atoms with Gasteiger partial charge in [-0.15, -0.1) is 18.2 Å². The number of amides is 1. The third-order valence-corrected chi connectivity index (χ3v) is 2.15. The number of ether oxygens (including phenoxy) is 1. The second-order valence-corrected chi connectivity index (χ2v) is 3.34. The third-order valence-electron chi connectivity index (χ3n) is 1.69. The number of nitrogens with one attached hydrogen (secondary N) is 1. The summed E-state index contributed by atoms with van der Waals surface area (Å²) >= 11 is 5.53. The molecule has 0 saturated carbocycles. The molecule has 0 heterocycles. The lowest BCUT2D eigenvalue weighted by atomic mass is 10.2. The molecule has 0 aromatic heterocycles. The molecule has 1 amide bonds. The van der Waals surface area contributed by atoms with Gasteiger partial charge in [0, 0.05) is 18.3 Å². The molecule has 1 atom stereocenters. The minimum absolute atomic E-state index is 0.0210. The zero-order chi connectivity index (χ0) is 10.8. The standard InChI is InChI=1S/C10H18ClNO2/c1-3-4-6-14-7-5-12-10(13)9(2)8-11/h3,9H,1,4-8H2,2H3,(H,12,13). The summed E-state index contributed by atoms with van der Waals surface area (Å²) in [6.07, 6.45) is 2.64. The van der Waals surface area contributed by atoms with E-state index in [-0.39, 0.29) is 11.8 Å². The number of halogens is 1. The zero-order valence-electron chi connectivity index (χ0n) is 8.59. The monoisotopic (exact) mass is 219 g/mol. The molecule has 82 valence electrons. The summed E-state index contributed by atoms with van der Waals surface area (Å²) in [6.45, 7) is 7.10. The molecule has 14 heavy (non-hydrogen) atoms. The topological polar surface area (TPSA) is 38.3 Å². The minimum atomic E-state index is -0.134. The molecule has 0 aliphatic carbocycles. The number of hydrogen-bond acceptors (Lipinski definition) is 2. The molecule has 0 aromatic rings. The van der Waals surface area contributed by atoms with E-state index in [0.29, 0.717) is 25.6 Å². The first-order valence-electron chi connectivity index (χ1n) is 4.74. The Labute approximate surface area is 90.5 Å². The summed E-state index contributed by atoms with van der Waals surface area (Å²) in [5.74, 6) is 0.195. The third kappa shape index (κ3) is 6.92. The van der Waals surface area contributed by atoms with Crippen LogP contribution in [-0.4, -0.2) is 31.5 Å². The van der Waals surface area contributed by atoms with Gasteiger partial charge in [-0.25, -0.2) is 0 Å². The molecule has 0 aliphatic heterocycles. The highest BCUT2D eigenvalue weighted by Crippen LogP contribution is 1.96. The molecule has 0 spiro atoms. The van der Waals surface area contributed by atoms with Crippen molar-refractivity contribution < 1.29 is 9.53 Å². The van der Waals surface area contributed by atoms with Crippen molar-refractivity contribution in [2.45, 2.75) is 13.3 Å². The van der Waals surface area contributed by atoms with Crippen LogP contribution >= 0.6 is 11.6 Å². The lowest BCUT2D eigenvalue weighted by Crippen LogP contribution is -2.32. The Morgan fingerprint density at radius 1 is 1.64 bits per heavy atom. The van der Waals surface area contributed by atoms with E-state index >= 15 is 0 Å². The van der Waals surface area contributed by atoms with Gasteiger partial charge in [0.05, 0.1) is 13.2 Å². The SMILES string of the molecule is C=CCCOCCNC(=O)C(C)CCl. The van der Waals surface area contributed by atoms with E-state index in [2.05, 4.69) is 11.9 Å². The van der Waals surface area contributed by atoms with Crippen molar-refractivity contribution in [2.75, 3.05) is 25.6 Å². The molecule has 0 rings (SSSR count). The molecular formula is C10H18ClNO2.